The lowest BCUT2D eigenvalue weighted by atomic mass is 9.74. The van der Waals surface area contributed by atoms with Crippen molar-refractivity contribution in [3.8, 4) is 11.3 Å². The van der Waals surface area contributed by atoms with Gasteiger partial charge in [-0.05, 0) is 73.1 Å². The minimum atomic E-state index is -1.09. The minimum absolute atomic E-state index is 0.0657. The molecule has 5 rings (SSSR count). The molecule has 2 aliphatic carbocycles. The van der Waals surface area contributed by atoms with Gasteiger partial charge in [0.15, 0.2) is 0 Å². The number of halogens is 3. The molecule has 0 radical (unpaired) electrons. The van der Waals surface area contributed by atoms with E-state index < -0.39 is 28.8 Å². The second kappa shape index (κ2) is 6.87. The lowest BCUT2D eigenvalue weighted by molar-refractivity contribution is -0.136. The molecule has 3 aromatic rings. The van der Waals surface area contributed by atoms with E-state index >= 15 is 0 Å². The fourth-order valence-corrected chi connectivity index (χ4v) is 4.51. The highest BCUT2D eigenvalue weighted by Crippen LogP contribution is 2.48. The molecule has 8 heteroatoms. The highest BCUT2D eigenvalue weighted by molar-refractivity contribution is 6.07. The third-order valence-electron chi connectivity index (χ3n) is 6.54. The third-order valence-corrected chi connectivity index (χ3v) is 6.54. The topological polar surface area (TPSA) is 88.0 Å². The number of hydrogen-bond donors (Lipinski definition) is 3. The number of amides is 2. The van der Waals surface area contributed by atoms with E-state index in [2.05, 4.69) is 10.3 Å². The number of carbonyl (C=O) groups excluding carboxylic acids is 2. The summed E-state index contributed by atoms with van der Waals surface area (Å²) >= 11 is 0. The van der Waals surface area contributed by atoms with Crippen molar-refractivity contribution in [2.24, 2.45) is 11.1 Å². The number of benzene rings is 2. The van der Waals surface area contributed by atoms with Crippen molar-refractivity contribution in [2.45, 2.75) is 37.6 Å². The number of fused-ring (bicyclic) bond motifs is 1. The lowest BCUT2D eigenvalue weighted by Gasteiger charge is -2.37. The van der Waals surface area contributed by atoms with E-state index in [1.807, 2.05) is 0 Å². The second-order valence-electron chi connectivity index (χ2n) is 8.52. The maximum absolute atomic E-state index is 14.4. The first-order valence-corrected chi connectivity index (χ1v) is 10.2. The maximum atomic E-state index is 14.4. The SMILES string of the molecule is NC(=O)C1(C(=O)NC2CC(c3c(-c4ccc(F)cc4)[nH]c4c(F)cc(F)cc34)C2)CC1. The molecule has 2 aromatic carbocycles. The summed E-state index contributed by atoms with van der Waals surface area (Å²) < 4.78 is 41.8. The number of primary amides is 1. The summed E-state index contributed by atoms with van der Waals surface area (Å²) in [7, 11) is 0. The van der Waals surface area contributed by atoms with Crippen molar-refractivity contribution in [3.05, 3.63) is 59.4 Å². The highest BCUT2D eigenvalue weighted by Gasteiger charge is 2.56. The van der Waals surface area contributed by atoms with Crippen LogP contribution in [0.5, 0.6) is 0 Å². The van der Waals surface area contributed by atoms with Crippen LogP contribution in [-0.2, 0) is 9.59 Å². The van der Waals surface area contributed by atoms with Crippen LogP contribution in [0.3, 0.4) is 0 Å². The van der Waals surface area contributed by atoms with Crippen molar-refractivity contribution in [2.75, 3.05) is 0 Å². The maximum Gasteiger partial charge on any atom is 0.235 e. The molecule has 0 atom stereocenters. The number of aromatic amines is 1. The average Bonchev–Trinajstić information content (AvgIpc) is 3.42. The van der Waals surface area contributed by atoms with E-state index in [4.69, 9.17) is 5.73 Å². The largest absolute Gasteiger partial charge is 0.369 e. The van der Waals surface area contributed by atoms with Crippen molar-refractivity contribution < 1.29 is 22.8 Å². The zero-order valence-electron chi connectivity index (χ0n) is 16.5. The van der Waals surface area contributed by atoms with Gasteiger partial charge in [0, 0.05) is 17.5 Å². The molecule has 5 nitrogen and oxygen atoms in total. The summed E-state index contributed by atoms with van der Waals surface area (Å²) in [6.45, 7) is 0. The molecule has 2 aliphatic rings. The Bertz CT molecular complexity index is 1210. The number of H-pyrrole nitrogens is 1. The van der Waals surface area contributed by atoms with Crippen molar-refractivity contribution in [1.82, 2.24) is 10.3 Å². The molecule has 2 amide bonds. The Morgan fingerprint density at radius 3 is 2.32 bits per heavy atom. The van der Waals surface area contributed by atoms with Gasteiger partial charge in [0.2, 0.25) is 11.8 Å². The van der Waals surface area contributed by atoms with Crippen LogP contribution in [-0.4, -0.2) is 22.8 Å². The monoisotopic (exact) mass is 427 g/mol. The Kier molecular flexibility index (Phi) is 4.35. The van der Waals surface area contributed by atoms with Crippen LogP contribution in [0.4, 0.5) is 13.2 Å². The molecule has 0 spiro atoms. The Balaban J connectivity index is 1.45. The van der Waals surface area contributed by atoms with E-state index in [1.54, 1.807) is 12.1 Å². The first-order valence-electron chi connectivity index (χ1n) is 10.2. The molecular formula is C23H20F3N3O2. The molecule has 160 valence electrons. The summed E-state index contributed by atoms with van der Waals surface area (Å²) in [5, 5.41) is 3.31. The fraction of sp³-hybridized carbons (Fsp3) is 0.304. The Hall–Kier alpha value is -3.29. The lowest BCUT2D eigenvalue weighted by Crippen LogP contribution is -2.49. The van der Waals surface area contributed by atoms with Crippen LogP contribution >= 0.6 is 0 Å². The number of nitrogens with one attached hydrogen (secondary N) is 2. The van der Waals surface area contributed by atoms with E-state index in [9.17, 15) is 22.8 Å². The summed E-state index contributed by atoms with van der Waals surface area (Å²) in [4.78, 5) is 27.0. The van der Waals surface area contributed by atoms with Crippen LogP contribution in [0.1, 0.15) is 37.2 Å². The zero-order valence-corrected chi connectivity index (χ0v) is 16.5. The van der Waals surface area contributed by atoms with E-state index in [0.717, 1.165) is 11.6 Å². The number of nitrogens with two attached hydrogens (primary N) is 1. The van der Waals surface area contributed by atoms with E-state index in [-0.39, 0.29) is 23.4 Å². The molecular weight excluding hydrogens is 407 g/mol. The number of aromatic nitrogens is 1. The molecule has 0 unspecified atom stereocenters. The summed E-state index contributed by atoms with van der Waals surface area (Å²) in [5.41, 5.74) is 6.46. The standard InChI is InChI=1S/C23H20F3N3O2/c24-13-3-1-11(2-4-13)19-18(16-9-14(25)10-17(26)20(16)29-19)12-7-15(8-12)28-22(31)23(5-6-23)21(27)30/h1-4,9-10,12,15,29H,5-8H2,(H2,27,30)(H,28,31). The van der Waals surface area contributed by atoms with Crippen molar-refractivity contribution in [1.29, 1.82) is 0 Å². The Morgan fingerprint density at radius 2 is 1.71 bits per heavy atom. The Morgan fingerprint density at radius 1 is 1.03 bits per heavy atom. The molecule has 1 aromatic heterocycles. The zero-order chi connectivity index (χ0) is 21.9. The summed E-state index contributed by atoms with van der Waals surface area (Å²) in [6, 6.07) is 7.74. The molecule has 31 heavy (non-hydrogen) atoms. The molecule has 2 fully saturated rings. The summed E-state index contributed by atoms with van der Waals surface area (Å²) in [6.07, 6.45) is 2.03. The van der Waals surface area contributed by atoms with Gasteiger partial charge in [-0.2, -0.15) is 0 Å². The molecule has 1 heterocycles. The molecule has 0 saturated heterocycles. The van der Waals surface area contributed by atoms with Crippen molar-refractivity contribution >= 4 is 22.7 Å². The van der Waals surface area contributed by atoms with Crippen LogP contribution < -0.4 is 11.1 Å². The Labute approximate surface area is 175 Å². The molecule has 0 aliphatic heterocycles. The minimum Gasteiger partial charge on any atom is -0.369 e. The molecule has 2 saturated carbocycles. The quantitative estimate of drug-likeness (QED) is 0.540. The van der Waals surface area contributed by atoms with Gasteiger partial charge in [0.1, 0.15) is 22.9 Å². The number of rotatable bonds is 5. The van der Waals surface area contributed by atoms with Gasteiger partial charge in [-0.3, -0.25) is 9.59 Å². The van der Waals surface area contributed by atoms with Gasteiger partial charge in [0.05, 0.1) is 11.2 Å². The van der Waals surface area contributed by atoms with E-state index in [1.165, 1.54) is 18.2 Å². The predicted octanol–water partition coefficient (Wildman–Crippen LogP) is 3.88. The van der Waals surface area contributed by atoms with Gasteiger partial charge in [-0.15, -0.1) is 0 Å². The van der Waals surface area contributed by atoms with Gasteiger partial charge >= 0.3 is 0 Å². The smallest absolute Gasteiger partial charge is 0.235 e. The van der Waals surface area contributed by atoms with Gasteiger partial charge in [-0.25, -0.2) is 13.2 Å². The summed E-state index contributed by atoms with van der Waals surface area (Å²) in [5.74, 6) is -2.80. The van der Waals surface area contributed by atoms with Crippen LogP contribution in [0.25, 0.3) is 22.2 Å². The van der Waals surface area contributed by atoms with Crippen LogP contribution in [0.2, 0.25) is 0 Å². The van der Waals surface area contributed by atoms with Gasteiger partial charge in [-0.1, -0.05) is 0 Å². The van der Waals surface area contributed by atoms with Gasteiger partial charge < -0.3 is 16.0 Å². The number of carbonyl (C=O) groups is 2. The average molecular weight is 427 g/mol. The highest BCUT2D eigenvalue weighted by atomic mass is 19.1. The van der Waals surface area contributed by atoms with Crippen molar-refractivity contribution in [3.63, 3.8) is 0 Å². The van der Waals surface area contributed by atoms with Crippen LogP contribution in [0.15, 0.2) is 36.4 Å². The molecule has 4 N–H and O–H groups in total. The predicted molar refractivity (Wildman–Crippen MR) is 108 cm³/mol. The number of hydrogen-bond acceptors (Lipinski definition) is 2. The van der Waals surface area contributed by atoms with Gasteiger partial charge in [0.25, 0.3) is 0 Å². The fourth-order valence-electron chi connectivity index (χ4n) is 4.51. The third kappa shape index (κ3) is 3.17. The first kappa shape index (κ1) is 19.7. The molecule has 0 bridgehead atoms. The first-order chi connectivity index (χ1) is 14.8. The van der Waals surface area contributed by atoms with E-state index in [0.29, 0.717) is 42.3 Å². The van der Waals surface area contributed by atoms with Crippen LogP contribution in [0, 0.1) is 22.9 Å². The normalized spacial score (nSPS) is 21.5. The second-order valence-corrected chi connectivity index (χ2v) is 8.52.